The summed E-state index contributed by atoms with van der Waals surface area (Å²) in [6, 6.07) is 9.64. The Labute approximate surface area is 207 Å². The fourth-order valence-corrected chi connectivity index (χ4v) is 5.73. The van der Waals surface area contributed by atoms with Crippen molar-refractivity contribution in [1.29, 1.82) is 0 Å². The van der Waals surface area contributed by atoms with Gasteiger partial charge in [0, 0.05) is 32.1 Å². The fourth-order valence-electron chi connectivity index (χ4n) is 4.04. The van der Waals surface area contributed by atoms with E-state index in [0.29, 0.717) is 5.56 Å². The number of nitrogens with one attached hydrogen (secondary N) is 1. The van der Waals surface area contributed by atoms with Gasteiger partial charge < -0.3 is 10.2 Å². The zero-order valence-electron chi connectivity index (χ0n) is 19.6. The van der Waals surface area contributed by atoms with Crippen LogP contribution in [-0.2, 0) is 32.3 Å². The van der Waals surface area contributed by atoms with Crippen LogP contribution >= 0.6 is 0 Å². The van der Waals surface area contributed by atoms with E-state index in [4.69, 9.17) is 0 Å². The topological polar surface area (TPSA) is 86.8 Å². The van der Waals surface area contributed by atoms with Crippen LogP contribution in [0.4, 0.5) is 17.6 Å². The molecule has 2 amide bonds. The summed E-state index contributed by atoms with van der Waals surface area (Å²) in [5.74, 6) is -1.67. The first-order valence-electron chi connectivity index (χ1n) is 11.4. The molecule has 0 bridgehead atoms. The predicted octanol–water partition coefficient (Wildman–Crippen LogP) is 3.41. The molecule has 0 aromatic heterocycles. The minimum atomic E-state index is -4.82. The molecule has 2 aromatic rings. The number of hydrogen-bond donors (Lipinski definition) is 1. The summed E-state index contributed by atoms with van der Waals surface area (Å²) in [5.41, 5.74) is -0.535. The molecule has 0 spiro atoms. The van der Waals surface area contributed by atoms with Crippen LogP contribution in [0.5, 0.6) is 0 Å². The van der Waals surface area contributed by atoms with Crippen LogP contribution in [-0.4, -0.2) is 55.6 Å². The van der Waals surface area contributed by atoms with E-state index in [1.54, 1.807) is 6.92 Å². The van der Waals surface area contributed by atoms with E-state index in [-0.39, 0.29) is 51.5 Å². The molecule has 0 saturated carbocycles. The SMILES string of the molecule is CCN(CC(=O)NCc1ccc(F)cc1)C(=O)C1CCN(S(=O)(=O)c2ccccc2C(F)(F)F)CC1. The summed E-state index contributed by atoms with van der Waals surface area (Å²) in [6.07, 6.45) is -4.57. The van der Waals surface area contributed by atoms with Gasteiger partial charge in [0.2, 0.25) is 21.8 Å². The zero-order chi connectivity index (χ0) is 26.5. The van der Waals surface area contributed by atoms with Crippen molar-refractivity contribution >= 4 is 21.8 Å². The average Bonchev–Trinajstić information content (AvgIpc) is 2.86. The molecule has 2 aromatic carbocycles. The van der Waals surface area contributed by atoms with Crippen molar-refractivity contribution in [2.75, 3.05) is 26.2 Å². The molecule has 196 valence electrons. The third-order valence-electron chi connectivity index (χ3n) is 6.04. The van der Waals surface area contributed by atoms with E-state index >= 15 is 0 Å². The van der Waals surface area contributed by atoms with Gasteiger partial charge in [-0.05, 0) is 49.6 Å². The lowest BCUT2D eigenvalue weighted by molar-refractivity contribution is -0.140. The number of halogens is 4. The molecule has 3 rings (SSSR count). The second-order valence-corrected chi connectivity index (χ2v) is 10.3. The Morgan fingerprint density at radius 2 is 1.67 bits per heavy atom. The lowest BCUT2D eigenvalue weighted by Crippen LogP contribution is -2.47. The highest BCUT2D eigenvalue weighted by atomic mass is 32.2. The second kappa shape index (κ2) is 11.4. The molecule has 0 radical (unpaired) electrons. The van der Waals surface area contributed by atoms with Crippen molar-refractivity contribution in [3.05, 3.63) is 65.5 Å². The number of carbonyl (C=O) groups is 2. The van der Waals surface area contributed by atoms with E-state index in [2.05, 4.69) is 5.32 Å². The summed E-state index contributed by atoms with van der Waals surface area (Å²) in [6.45, 7) is 1.70. The molecule has 1 aliphatic heterocycles. The predicted molar refractivity (Wildman–Crippen MR) is 123 cm³/mol. The quantitative estimate of drug-likeness (QED) is 0.531. The van der Waals surface area contributed by atoms with Gasteiger partial charge in [-0.25, -0.2) is 12.8 Å². The molecule has 1 saturated heterocycles. The van der Waals surface area contributed by atoms with Crippen LogP contribution in [0, 0.1) is 11.7 Å². The van der Waals surface area contributed by atoms with Crippen LogP contribution in [0.15, 0.2) is 53.4 Å². The van der Waals surface area contributed by atoms with Gasteiger partial charge in [0.15, 0.2) is 0 Å². The Kier molecular flexibility index (Phi) is 8.72. The van der Waals surface area contributed by atoms with Gasteiger partial charge in [0.25, 0.3) is 0 Å². The molecular formula is C24H27F4N3O4S. The molecule has 0 atom stereocenters. The van der Waals surface area contributed by atoms with E-state index in [0.717, 1.165) is 22.5 Å². The maximum atomic E-state index is 13.3. The van der Waals surface area contributed by atoms with Crippen LogP contribution < -0.4 is 5.32 Å². The van der Waals surface area contributed by atoms with Crippen LogP contribution in [0.3, 0.4) is 0 Å². The van der Waals surface area contributed by atoms with E-state index in [9.17, 15) is 35.6 Å². The Bertz CT molecular complexity index is 1180. The number of amides is 2. The molecule has 1 fully saturated rings. The largest absolute Gasteiger partial charge is 0.417 e. The van der Waals surface area contributed by atoms with Gasteiger partial charge in [-0.15, -0.1) is 0 Å². The van der Waals surface area contributed by atoms with E-state index in [1.165, 1.54) is 35.2 Å². The van der Waals surface area contributed by atoms with Crippen LogP contribution in [0.2, 0.25) is 0 Å². The van der Waals surface area contributed by atoms with Gasteiger partial charge >= 0.3 is 6.18 Å². The lowest BCUT2D eigenvalue weighted by atomic mass is 9.96. The number of nitrogens with zero attached hydrogens (tertiary/aromatic N) is 2. The number of rotatable bonds is 8. The van der Waals surface area contributed by atoms with Crippen molar-refractivity contribution in [2.45, 2.75) is 37.4 Å². The molecule has 1 heterocycles. The van der Waals surface area contributed by atoms with Gasteiger partial charge in [-0.3, -0.25) is 9.59 Å². The first-order chi connectivity index (χ1) is 16.9. The first kappa shape index (κ1) is 27.6. The number of alkyl halides is 3. The lowest BCUT2D eigenvalue weighted by Gasteiger charge is -2.33. The molecule has 0 aliphatic carbocycles. The average molecular weight is 530 g/mol. The normalized spacial score (nSPS) is 15.5. The Morgan fingerprint density at radius 1 is 1.06 bits per heavy atom. The van der Waals surface area contributed by atoms with Crippen molar-refractivity contribution < 1.29 is 35.6 Å². The van der Waals surface area contributed by atoms with Crippen LogP contribution in [0.25, 0.3) is 0 Å². The number of piperidine rings is 1. The van der Waals surface area contributed by atoms with Crippen LogP contribution in [0.1, 0.15) is 30.9 Å². The molecule has 0 unspecified atom stereocenters. The zero-order valence-corrected chi connectivity index (χ0v) is 20.4. The second-order valence-electron chi connectivity index (χ2n) is 8.43. The minimum absolute atomic E-state index is 0.112. The van der Waals surface area contributed by atoms with Crippen molar-refractivity contribution in [2.24, 2.45) is 5.92 Å². The van der Waals surface area contributed by atoms with Gasteiger partial charge in [0.05, 0.1) is 17.0 Å². The monoisotopic (exact) mass is 529 g/mol. The number of likely N-dealkylation sites (N-methyl/N-ethyl adjacent to an activating group) is 1. The number of carbonyl (C=O) groups excluding carboxylic acids is 2. The highest BCUT2D eigenvalue weighted by Gasteiger charge is 2.40. The number of benzene rings is 2. The maximum absolute atomic E-state index is 13.3. The third kappa shape index (κ3) is 6.61. The summed E-state index contributed by atoms with van der Waals surface area (Å²) >= 11 is 0. The van der Waals surface area contributed by atoms with Gasteiger partial charge in [-0.2, -0.15) is 17.5 Å². The Balaban J connectivity index is 1.58. The fraction of sp³-hybridized carbons (Fsp3) is 0.417. The highest BCUT2D eigenvalue weighted by Crippen LogP contribution is 2.36. The number of sulfonamides is 1. The van der Waals surface area contributed by atoms with Gasteiger partial charge in [-0.1, -0.05) is 24.3 Å². The third-order valence-corrected chi connectivity index (χ3v) is 8.00. The van der Waals surface area contributed by atoms with Crippen molar-refractivity contribution in [1.82, 2.24) is 14.5 Å². The molecule has 12 heteroatoms. The van der Waals surface area contributed by atoms with E-state index in [1.807, 2.05) is 0 Å². The van der Waals surface area contributed by atoms with Crippen molar-refractivity contribution in [3.8, 4) is 0 Å². The standard InChI is InChI=1S/C24H27F4N3O4S/c1-2-30(16-22(32)29-15-17-7-9-19(25)10-8-17)23(33)18-11-13-31(14-12-18)36(34,35)21-6-4-3-5-20(21)24(26,27)28/h3-10,18H,2,11-16H2,1H3,(H,29,32). The maximum Gasteiger partial charge on any atom is 0.417 e. The smallest absolute Gasteiger partial charge is 0.350 e. The summed E-state index contributed by atoms with van der Waals surface area (Å²) in [4.78, 5) is 25.9. The highest BCUT2D eigenvalue weighted by molar-refractivity contribution is 7.89. The minimum Gasteiger partial charge on any atom is -0.350 e. The summed E-state index contributed by atoms with van der Waals surface area (Å²) in [7, 11) is -4.41. The van der Waals surface area contributed by atoms with Crippen molar-refractivity contribution in [3.63, 3.8) is 0 Å². The Morgan fingerprint density at radius 3 is 2.25 bits per heavy atom. The number of hydrogen-bond acceptors (Lipinski definition) is 4. The summed E-state index contributed by atoms with van der Waals surface area (Å²) < 4.78 is 79.8. The molecule has 7 nitrogen and oxygen atoms in total. The molecular weight excluding hydrogens is 502 g/mol. The summed E-state index contributed by atoms with van der Waals surface area (Å²) in [5, 5.41) is 2.67. The van der Waals surface area contributed by atoms with E-state index < -0.39 is 44.3 Å². The molecule has 36 heavy (non-hydrogen) atoms. The van der Waals surface area contributed by atoms with Gasteiger partial charge in [0.1, 0.15) is 5.82 Å². The molecule has 1 aliphatic rings. The first-order valence-corrected chi connectivity index (χ1v) is 12.8. The Hall–Kier alpha value is -2.99. The molecule has 1 N–H and O–H groups in total.